The second-order valence-corrected chi connectivity index (χ2v) is 11.4. The average Bonchev–Trinajstić information content (AvgIpc) is 3.10. The Hall–Kier alpha value is -2.21. The van der Waals surface area contributed by atoms with Gasteiger partial charge in [-0.3, -0.25) is 9.52 Å². The maximum atomic E-state index is 12.3. The number of nitrogens with zero attached hydrogens (tertiary/aromatic N) is 4. The topological polar surface area (TPSA) is 106 Å². The Morgan fingerprint density at radius 3 is 2.50 bits per heavy atom. The van der Waals surface area contributed by atoms with E-state index < -0.39 is 21.2 Å². The zero-order chi connectivity index (χ0) is 22.9. The summed E-state index contributed by atoms with van der Waals surface area (Å²) in [5.74, 6) is 0.0371. The molecule has 0 bridgehead atoms. The van der Waals surface area contributed by atoms with E-state index in [0.717, 1.165) is 21.9 Å². The number of carbonyl (C=O) groups excluding carboxylic acids is 1. The van der Waals surface area contributed by atoms with Crippen molar-refractivity contribution in [3.05, 3.63) is 75.0 Å². The van der Waals surface area contributed by atoms with Crippen LogP contribution in [0.1, 0.15) is 23.4 Å². The number of fused-ring (bicyclic) bond motifs is 1. The monoisotopic (exact) mass is 553 g/mol. The lowest BCUT2D eigenvalue weighted by molar-refractivity contribution is -0.119. The van der Waals surface area contributed by atoms with Gasteiger partial charge in [-0.15, -0.1) is 10.2 Å². The van der Waals surface area contributed by atoms with Crippen molar-refractivity contribution in [1.29, 1.82) is 0 Å². The third-order valence-electron chi connectivity index (χ3n) is 4.52. The molecule has 166 valence electrons. The van der Waals surface area contributed by atoms with Crippen molar-refractivity contribution in [2.75, 3.05) is 6.26 Å². The van der Waals surface area contributed by atoms with Gasteiger partial charge in [-0.25, -0.2) is 8.42 Å². The van der Waals surface area contributed by atoms with Crippen LogP contribution in [0.5, 0.6) is 0 Å². The number of rotatable bonds is 6. The first-order chi connectivity index (χ1) is 15.2. The number of benzene rings is 2. The van der Waals surface area contributed by atoms with E-state index in [1.165, 1.54) is 11.8 Å². The molecule has 0 fully saturated rings. The van der Waals surface area contributed by atoms with Gasteiger partial charge in [0.05, 0.1) is 17.2 Å². The van der Waals surface area contributed by atoms with Gasteiger partial charge < -0.3 is 0 Å². The Bertz CT molecular complexity index is 1290. The molecule has 1 N–H and O–H groups in total. The number of amides is 1. The first kappa shape index (κ1) is 23.0. The van der Waals surface area contributed by atoms with Gasteiger partial charge in [-0.05, 0) is 35.4 Å². The van der Waals surface area contributed by atoms with Crippen LogP contribution in [0, 0.1) is 0 Å². The lowest BCUT2D eigenvalue weighted by atomic mass is 10.1. The van der Waals surface area contributed by atoms with E-state index in [2.05, 4.69) is 26.1 Å². The second-order valence-electron chi connectivity index (χ2n) is 7.11. The van der Waals surface area contributed by atoms with Crippen molar-refractivity contribution < 1.29 is 13.2 Å². The molecule has 0 radical (unpaired) electrons. The van der Waals surface area contributed by atoms with Crippen molar-refractivity contribution >= 4 is 60.9 Å². The van der Waals surface area contributed by atoms with Crippen LogP contribution in [0.3, 0.4) is 0 Å². The SMILES string of the molecule is CS(=O)(=O)NC(=O)CC1Sc2nnc(Cc3ccc(Br)cc3)n2N=C1c1ccc(Cl)cc1. The molecule has 1 aromatic heterocycles. The van der Waals surface area contributed by atoms with Gasteiger partial charge in [-0.2, -0.15) is 9.78 Å². The summed E-state index contributed by atoms with van der Waals surface area (Å²) in [6.45, 7) is 0. The summed E-state index contributed by atoms with van der Waals surface area (Å²) in [6, 6.07) is 15.0. The molecule has 0 saturated heterocycles. The van der Waals surface area contributed by atoms with Crippen molar-refractivity contribution in [2.45, 2.75) is 23.2 Å². The normalized spacial score (nSPS) is 15.7. The highest BCUT2D eigenvalue weighted by Crippen LogP contribution is 2.33. The summed E-state index contributed by atoms with van der Waals surface area (Å²) in [5.41, 5.74) is 2.43. The number of carbonyl (C=O) groups is 1. The number of hydrogen-bond donors (Lipinski definition) is 1. The number of hydrogen-bond acceptors (Lipinski definition) is 7. The van der Waals surface area contributed by atoms with Crippen LogP contribution >= 0.6 is 39.3 Å². The largest absolute Gasteiger partial charge is 0.274 e. The van der Waals surface area contributed by atoms with Gasteiger partial charge in [0.15, 0.2) is 5.82 Å². The Morgan fingerprint density at radius 2 is 1.84 bits per heavy atom. The maximum absolute atomic E-state index is 12.3. The van der Waals surface area contributed by atoms with Gasteiger partial charge in [0, 0.05) is 22.3 Å². The summed E-state index contributed by atoms with van der Waals surface area (Å²) in [4.78, 5) is 12.3. The fourth-order valence-electron chi connectivity index (χ4n) is 3.14. The quantitative estimate of drug-likeness (QED) is 0.500. The lowest BCUT2D eigenvalue weighted by Gasteiger charge is -2.23. The third kappa shape index (κ3) is 5.58. The molecule has 1 atom stereocenters. The van der Waals surface area contributed by atoms with Crippen LogP contribution in [0.15, 0.2) is 63.3 Å². The van der Waals surface area contributed by atoms with Crippen molar-refractivity contribution in [3.8, 4) is 0 Å². The third-order valence-corrected chi connectivity index (χ3v) is 7.04. The molecule has 32 heavy (non-hydrogen) atoms. The molecule has 0 aliphatic carbocycles. The summed E-state index contributed by atoms with van der Waals surface area (Å²) < 4.78 is 27.6. The minimum absolute atomic E-state index is 0.0892. The fourth-order valence-corrected chi connectivity index (χ4v) is 5.14. The van der Waals surface area contributed by atoms with Crippen molar-refractivity contribution in [2.24, 2.45) is 5.10 Å². The molecule has 2 aromatic carbocycles. The summed E-state index contributed by atoms with van der Waals surface area (Å²) in [7, 11) is -3.66. The van der Waals surface area contributed by atoms with E-state index in [4.69, 9.17) is 16.7 Å². The zero-order valence-corrected chi connectivity index (χ0v) is 20.7. The minimum Gasteiger partial charge on any atom is -0.274 e. The highest BCUT2D eigenvalue weighted by molar-refractivity contribution is 9.10. The van der Waals surface area contributed by atoms with Crippen molar-refractivity contribution in [3.63, 3.8) is 0 Å². The maximum Gasteiger partial charge on any atom is 0.234 e. The van der Waals surface area contributed by atoms with Gasteiger partial charge in [0.2, 0.25) is 21.1 Å². The summed E-state index contributed by atoms with van der Waals surface area (Å²) in [6.07, 6.45) is 1.38. The Balaban J connectivity index is 1.68. The lowest BCUT2D eigenvalue weighted by Crippen LogP contribution is -2.35. The van der Waals surface area contributed by atoms with E-state index in [1.54, 1.807) is 16.8 Å². The van der Waals surface area contributed by atoms with Crippen LogP contribution in [-0.4, -0.2) is 46.4 Å². The predicted molar refractivity (Wildman–Crippen MR) is 128 cm³/mol. The van der Waals surface area contributed by atoms with Gasteiger partial charge in [0.25, 0.3) is 0 Å². The highest BCUT2D eigenvalue weighted by Gasteiger charge is 2.31. The molecule has 3 aromatic rings. The molecule has 0 spiro atoms. The number of thioether (sulfide) groups is 1. The van der Waals surface area contributed by atoms with Crippen molar-refractivity contribution in [1.82, 2.24) is 19.6 Å². The zero-order valence-electron chi connectivity index (χ0n) is 16.7. The first-order valence-electron chi connectivity index (χ1n) is 9.39. The number of sulfonamides is 1. The Morgan fingerprint density at radius 1 is 1.16 bits per heavy atom. The van der Waals surface area contributed by atoms with E-state index in [-0.39, 0.29) is 6.42 Å². The van der Waals surface area contributed by atoms with Crippen LogP contribution in [0.25, 0.3) is 0 Å². The van der Waals surface area contributed by atoms with Gasteiger partial charge in [0.1, 0.15) is 0 Å². The molecule has 4 rings (SSSR count). The fraction of sp³-hybridized carbons (Fsp3) is 0.200. The van der Waals surface area contributed by atoms with Gasteiger partial charge >= 0.3 is 0 Å². The molecule has 1 aliphatic rings. The first-order valence-corrected chi connectivity index (χ1v) is 13.3. The van der Waals surface area contributed by atoms with E-state index in [9.17, 15) is 13.2 Å². The molecule has 1 unspecified atom stereocenters. The molecule has 1 amide bonds. The Labute approximate surface area is 202 Å². The molecule has 12 heteroatoms. The highest BCUT2D eigenvalue weighted by atomic mass is 79.9. The van der Waals surface area contributed by atoms with E-state index in [0.29, 0.717) is 28.1 Å². The summed E-state index contributed by atoms with van der Waals surface area (Å²) in [5, 5.41) is 13.9. The van der Waals surface area contributed by atoms with E-state index in [1.807, 2.05) is 41.1 Å². The Kier molecular flexibility index (Phi) is 6.70. The average molecular weight is 555 g/mol. The van der Waals surface area contributed by atoms with Gasteiger partial charge in [-0.1, -0.05) is 63.6 Å². The minimum atomic E-state index is -3.66. The van der Waals surface area contributed by atoms with Crippen LogP contribution in [0.2, 0.25) is 5.02 Å². The molecule has 2 heterocycles. The molecule has 8 nitrogen and oxygen atoms in total. The van der Waals surface area contributed by atoms with Crippen LogP contribution in [-0.2, 0) is 21.2 Å². The molecular weight excluding hydrogens is 538 g/mol. The number of nitrogens with one attached hydrogen (secondary N) is 1. The molecule has 1 aliphatic heterocycles. The predicted octanol–water partition coefficient (Wildman–Crippen LogP) is 3.48. The van der Waals surface area contributed by atoms with E-state index >= 15 is 0 Å². The molecule has 0 saturated carbocycles. The number of aromatic nitrogens is 3. The molecular formula is C20H17BrClN5O3S2. The van der Waals surface area contributed by atoms with Crippen LogP contribution < -0.4 is 4.72 Å². The smallest absolute Gasteiger partial charge is 0.234 e. The van der Waals surface area contributed by atoms with Crippen LogP contribution in [0.4, 0.5) is 0 Å². The second kappa shape index (κ2) is 9.34. The number of halogens is 2. The summed E-state index contributed by atoms with van der Waals surface area (Å²) >= 11 is 10.8. The standard InChI is InChI=1S/C20H17BrClN5O3S2/c1-32(29,30)26-18(28)11-16-19(13-4-8-15(22)9-5-13)25-27-17(23-24-20(27)31-16)10-12-2-6-14(21)7-3-12/h2-9,16H,10-11H2,1H3,(H,26,28).